The summed E-state index contributed by atoms with van der Waals surface area (Å²) in [5, 5.41) is 5.75. The molecule has 2 rings (SSSR count). The van der Waals surface area contributed by atoms with E-state index >= 15 is 0 Å². The van der Waals surface area contributed by atoms with Crippen molar-refractivity contribution in [3.63, 3.8) is 0 Å². The number of nitrogens with one attached hydrogen (secondary N) is 1. The minimum Gasteiger partial charge on any atom is -0.316 e. The monoisotopic (exact) mass is 223 g/mol. The van der Waals surface area contributed by atoms with Gasteiger partial charge in [-0.2, -0.15) is 0 Å². The van der Waals surface area contributed by atoms with Crippen LogP contribution in [-0.2, 0) is 0 Å². The van der Waals surface area contributed by atoms with Gasteiger partial charge >= 0.3 is 0 Å². The number of hydrogen-bond donors (Lipinski definition) is 1. The number of aryl methyl sites for hydroxylation is 1. The van der Waals surface area contributed by atoms with Crippen LogP contribution in [0.5, 0.6) is 0 Å². The molecule has 1 fully saturated rings. The lowest BCUT2D eigenvalue weighted by Gasteiger charge is -2.25. The highest BCUT2D eigenvalue weighted by molar-refractivity contribution is 7.10. The van der Waals surface area contributed by atoms with Gasteiger partial charge in [-0.1, -0.05) is 19.3 Å². The fraction of sp³-hybridized carbons (Fsp3) is 0.692. The first-order valence-electron chi connectivity index (χ1n) is 6.04. The first-order valence-corrected chi connectivity index (χ1v) is 6.92. The average molecular weight is 223 g/mol. The van der Waals surface area contributed by atoms with E-state index in [2.05, 4.69) is 30.7 Å². The maximum Gasteiger partial charge on any atom is 0.0133 e. The molecule has 2 heteroatoms. The van der Waals surface area contributed by atoms with Gasteiger partial charge in [0.1, 0.15) is 0 Å². The molecule has 84 valence electrons. The van der Waals surface area contributed by atoms with Gasteiger partial charge in [-0.25, -0.2) is 0 Å². The van der Waals surface area contributed by atoms with Crippen molar-refractivity contribution in [2.45, 2.75) is 51.0 Å². The predicted octanol–water partition coefficient (Wildman–Crippen LogP) is 3.69. The summed E-state index contributed by atoms with van der Waals surface area (Å²) in [4.78, 5) is 1.52. The maximum absolute atomic E-state index is 3.51. The first-order chi connectivity index (χ1) is 7.33. The lowest BCUT2D eigenvalue weighted by atomic mass is 9.88. The van der Waals surface area contributed by atoms with Crippen LogP contribution in [0.2, 0.25) is 0 Å². The predicted molar refractivity (Wildman–Crippen MR) is 67.7 cm³/mol. The van der Waals surface area contributed by atoms with Crippen molar-refractivity contribution in [1.82, 2.24) is 5.32 Å². The first kappa shape index (κ1) is 11.2. The van der Waals surface area contributed by atoms with Gasteiger partial charge in [0.15, 0.2) is 0 Å². The molecule has 1 N–H and O–H groups in total. The molecule has 0 aromatic carbocycles. The molecule has 0 amide bonds. The molecule has 2 unspecified atom stereocenters. The average Bonchev–Trinajstić information content (AvgIpc) is 2.54. The van der Waals surface area contributed by atoms with Gasteiger partial charge in [0, 0.05) is 16.8 Å². The van der Waals surface area contributed by atoms with E-state index < -0.39 is 0 Å². The number of hydrogen-bond acceptors (Lipinski definition) is 2. The van der Waals surface area contributed by atoms with Gasteiger partial charge in [-0.15, -0.1) is 11.3 Å². The Balaban J connectivity index is 2.20. The topological polar surface area (TPSA) is 12.0 Å². The van der Waals surface area contributed by atoms with Crippen LogP contribution < -0.4 is 5.32 Å². The second-order valence-electron chi connectivity index (χ2n) is 4.57. The Kier molecular flexibility index (Phi) is 3.81. The summed E-state index contributed by atoms with van der Waals surface area (Å²) in [7, 11) is 2.12. The van der Waals surface area contributed by atoms with E-state index in [1.165, 1.54) is 37.0 Å². The smallest absolute Gasteiger partial charge is 0.0133 e. The fourth-order valence-corrected chi connectivity index (χ4v) is 3.58. The van der Waals surface area contributed by atoms with Crippen LogP contribution in [0.25, 0.3) is 0 Å². The molecule has 1 saturated carbocycles. The van der Waals surface area contributed by atoms with Crippen molar-refractivity contribution < 1.29 is 0 Å². The highest BCUT2D eigenvalue weighted by Gasteiger charge is 2.25. The van der Waals surface area contributed by atoms with Gasteiger partial charge in [0.25, 0.3) is 0 Å². The van der Waals surface area contributed by atoms with E-state index in [0.717, 1.165) is 5.92 Å². The molecule has 1 aromatic rings. The number of likely N-dealkylation sites (N-methyl/N-ethyl adjacent to an activating group) is 1. The quantitative estimate of drug-likeness (QED) is 0.754. The third-order valence-electron chi connectivity index (χ3n) is 3.69. The minimum absolute atomic E-state index is 0.695. The zero-order valence-electron chi connectivity index (χ0n) is 9.75. The SMILES string of the molecule is CNC1CCCCCC1c1ccsc1C. The molecule has 1 heterocycles. The van der Waals surface area contributed by atoms with E-state index in [1.807, 2.05) is 11.3 Å². The third kappa shape index (κ3) is 2.43. The maximum atomic E-state index is 3.51. The Morgan fingerprint density at radius 1 is 1.27 bits per heavy atom. The molecule has 0 aliphatic heterocycles. The zero-order chi connectivity index (χ0) is 10.7. The van der Waals surface area contributed by atoms with Crippen LogP contribution in [0, 0.1) is 6.92 Å². The van der Waals surface area contributed by atoms with Crippen molar-refractivity contribution in [1.29, 1.82) is 0 Å². The molecule has 1 aliphatic carbocycles. The standard InChI is InChI=1S/C13H21NS/c1-10-11(8-9-15-10)12-6-4-3-5-7-13(12)14-2/h8-9,12-14H,3-7H2,1-2H3. The molecule has 1 aliphatic rings. The van der Waals surface area contributed by atoms with Crippen LogP contribution in [-0.4, -0.2) is 13.1 Å². The van der Waals surface area contributed by atoms with E-state index in [0.29, 0.717) is 6.04 Å². The molecule has 1 aromatic heterocycles. The molecular formula is C13H21NS. The van der Waals surface area contributed by atoms with Crippen molar-refractivity contribution in [2.75, 3.05) is 7.05 Å². The zero-order valence-corrected chi connectivity index (χ0v) is 10.6. The number of thiophene rings is 1. The van der Waals surface area contributed by atoms with E-state index in [1.54, 1.807) is 5.56 Å². The largest absolute Gasteiger partial charge is 0.316 e. The summed E-state index contributed by atoms with van der Waals surface area (Å²) in [6.45, 7) is 2.26. The van der Waals surface area contributed by atoms with Crippen molar-refractivity contribution in [3.8, 4) is 0 Å². The van der Waals surface area contributed by atoms with Crippen LogP contribution in [0.3, 0.4) is 0 Å². The minimum atomic E-state index is 0.695. The third-order valence-corrected chi connectivity index (χ3v) is 4.55. The molecule has 2 atom stereocenters. The van der Waals surface area contributed by atoms with Crippen molar-refractivity contribution >= 4 is 11.3 Å². The van der Waals surface area contributed by atoms with Gasteiger partial charge in [-0.3, -0.25) is 0 Å². The Labute approximate surface area is 96.9 Å². The van der Waals surface area contributed by atoms with Crippen LogP contribution in [0.4, 0.5) is 0 Å². The Bertz CT molecular complexity index is 305. The lowest BCUT2D eigenvalue weighted by Crippen LogP contribution is -2.31. The second kappa shape index (κ2) is 5.13. The second-order valence-corrected chi connectivity index (χ2v) is 5.69. The summed E-state index contributed by atoms with van der Waals surface area (Å²) in [5.41, 5.74) is 1.60. The van der Waals surface area contributed by atoms with Crippen molar-refractivity contribution in [2.24, 2.45) is 0 Å². The van der Waals surface area contributed by atoms with E-state index in [9.17, 15) is 0 Å². The normalized spacial score (nSPS) is 27.6. The van der Waals surface area contributed by atoms with Gasteiger partial charge < -0.3 is 5.32 Å². The molecule has 0 saturated heterocycles. The Morgan fingerprint density at radius 2 is 2.07 bits per heavy atom. The molecule has 0 radical (unpaired) electrons. The molecule has 15 heavy (non-hydrogen) atoms. The summed E-state index contributed by atoms with van der Waals surface area (Å²) in [6, 6.07) is 3.03. The van der Waals surface area contributed by atoms with Crippen LogP contribution in [0.15, 0.2) is 11.4 Å². The molecule has 0 spiro atoms. The summed E-state index contributed by atoms with van der Waals surface area (Å²) in [6.07, 6.45) is 6.92. The Hall–Kier alpha value is -0.340. The highest BCUT2D eigenvalue weighted by Crippen LogP contribution is 2.35. The number of rotatable bonds is 2. The highest BCUT2D eigenvalue weighted by atomic mass is 32.1. The van der Waals surface area contributed by atoms with E-state index in [-0.39, 0.29) is 0 Å². The van der Waals surface area contributed by atoms with Gasteiger partial charge in [0.2, 0.25) is 0 Å². The van der Waals surface area contributed by atoms with Gasteiger partial charge in [-0.05, 0) is 43.8 Å². The van der Waals surface area contributed by atoms with Crippen LogP contribution in [0.1, 0.15) is 48.5 Å². The summed E-state index contributed by atoms with van der Waals surface area (Å²) >= 11 is 1.89. The molecule has 1 nitrogen and oxygen atoms in total. The van der Waals surface area contributed by atoms with Gasteiger partial charge in [0.05, 0.1) is 0 Å². The molecular weight excluding hydrogens is 202 g/mol. The summed E-state index contributed by atoms with van der Waals surface area (Å²) in [5.74, 6) is 0.753. The molecule has 0 bridgehead atoms. The van der Waals surface area contributed by atoms with Crippen molar-refractivity contribution in [3.05, 3.63) is 21.9 Å². The lowest BCUT2D eigenvalue weighted by molar-refractivity contribution is 0.439. The fourth-order valence-electron chi connectivity index (χ4n) is 2.80. The van der Waals surface area contributed by atoms with Crippen LogP contribution >= 0.6 is 11.3 Å². The van der Waals surface area contributed by atoms with E-state index in [4.69, 9.17) is 0 Å². The Morgan fingerprint density at radius 3 is 2.73 bits per heavy atom. The summed E-state index contributed by atoms with van der Waals surface area (Å²) < 4.78 is 0.